The van der Waals surface area contributed by atoms with Gasteiger partial charge in [-0.05, 0) is 42.5 Å². The Balaban J connectivity index is 2.03. The molecule has 0 aliphatic rings. The van der Waals surface area contributed by atoms with Gasteiger partial charge in [0, 0.05) is 28.8 Å². The Hall–Kier alpha value is -3.56. The summed E-state index contributed by atoms with van der Waals surface area (Å²) in [6, 6.07) is 19.9. The first kappa shape index (κ1) is 22.1. The van der Waals surface area contributed by atoms with Crippen LogP contribution in [0.2, 0.25) is 0 Å². The van der Waals surface area contributed by atoms with Crippen LogP contribution in [0.4, 0.5) is 0 Å². The Morgan fingerprint density at radius 3 is 2.61 bits per heavy atom. The van der Waals surface area contributed by atoms with Gasteiger partial charge in [0.15, 0.2) is 0 Å². The topological polar surface area (TPSA) is 70.7 Å². The molecule has 3 rings (SSSR count). The third-order valence-electron chi connectivity index (χ3n) is 4.44. The van der Waals surface area contributed by atoms with Crippen LogP contribution in [0.3, 0.4) is 0 Å². The van der Waals surface area contributed by atoms with E-state index in [-0.39, 0.29) is 5.57 Å². The van der Waals surface area contributed by atoms with Crippen molar-refractivity contribution in [1.82, 2.24) is 15.1 Å². The summed E-state index contributed by atoms with van der Waals surface area (Å²) < 4.78 is 1.76. The quantitative estimate of drug-likeness (QED) is 0.219. The molecule has 3 aromatic rings. The molecule has 1 aromatic heterocycles. The molecule has 0 radical (unpaired) electrons. The second kappa shape index (κ2) is 11.0. The van der Waals surface area contributed by atoms with E-state index in [2.05, 4.69) is 31.0 Å². The maximum atomic E-state index is 12.3. The highest BCUT2D eigenvalue weighted by molar-refractivity contribution is 7.99. The molecule has 1 N–H and O–H groups in total. The fourth-order valence-electron chi connectivity index (χ4n) is 2.92. The summed E-state index contributed by atoms with van der Waals surface area (Å²) in [6.45, 7) is 6.04. The maximum Gasteiger partial charge on any atom is 0.262 e. The minimum atomic E-state index is -0.438. The van der Waals surface area contributed by atoms with Crippen LogP contribution in [-0.4, -0.2) is 28.0 Å². The zero-order valence-corrected chi connectivity index (χ0v) is 18.2. The first-order valence-corrected chi connectivity index (χ1v) is 11.0. The van der Waals surface area contributed by atoms with E-state index in [1.165, 1.54) is 4.90 Å². The number of para-hydroxylation sites is 1. The van der Waals surface area contributed by atoms with E-state index < -0.39 is 5.91 Å². The number of benzene rings is 2. The molecule has 0 aliphatic heterocycles. The number of nitriles is 1. The van der Waals surface area contributed by atoms with Crippen molar-refractivity contribution in [2.45, 2.75) is 18.2 Å². The zero-order valence-electron chi connectivity index (χ0n) is 17.4. The molecule has 0 aliphatic carbocycles. The minimum Gasteiger partial charge on any atom is -0.348 e. The number of nitrogens with zero attached hydrogens (tertiary/aromatic N) is 3. The Morgan fingerprint density at radius 2 is 1.97 bits per heavy atom. The largest absolute Gasteiger partial charge is 0.348 e. The molecule has 1 amide bonds. The highest BCUT2D eigenvalue weighted by atomic mass is 32.2. The summed E-state index contributed by atoms with van der Waals surface area (Å²) in [7, 11) is 0. The smallest absolute Gasteiger partial charge is 0.262 e. The van der Waals surface area contributed by atoms with Crippen molar-refractivity contribution in [2.75, 3.05) is 12.3 Å². The molecule has 0 fully saturated rings. The molecule has 0 saturated carbocycles. The summed E-state index contributed by atoms with van der Waals surface area (Å²) in [5, 5.41) is 16.9. The summed E-state index contributed by atoms with van der Waals surface area (Å²) in [5.74, 6) is 0.633. The van der Waals surface area contributed by atoms with E-state index in [1.807, 2.05) is 66.5 Å². The fraction of sp³-hybridized carbons (Fsp3) is 0.160. The number of hydrogen-bond acceptors (Lipinski definition) is 4. The number of aromatic nitrogens is 2. The lowest BCUT2D eigenvalue weighted by atomic mass is 10.1. The summed E-state index contributed by atoms with van der Waals surface area (Å²) in [5.41, 5.74) is 3.24. The monoisotopic (exact) mass is 428 g/mol. The lowest BCUT2D eigenvalue weighted by Crippen LogP contribution is -2.24. The van der Waals surface area contributed by atoms with E-state index in [9.17, 15) is 10.1 Å². The zero-order chi connectivity index (χ0) is 22.1. The lowest BCUT2D eigenvalue weighted by Gasteiger charge is -2.04. The normalized spacial score (nSPS) is 11.0. The van der Waals surface area contributed by atoms with Crippen LogP contribution in [-0.2, 0) is 4.79 Å². The van der Waals surface area contributed by atoms with Crippen molar-refractivity contribution in [3.05, 3.63) is 84.6 Å². The number of amides is 1. The molecule has 5 nitrogen and oxygen atoms in total. The summed E-state index contributed by atoms with van der Waals surface area (Å²) in [4.78, 5) is 13.5. The van der Waals surface area contributed by atoms with Crippen molar-refractivity contribution < 1.29 is 4.79 Å². The van der Waals surface area contributed by atoms with Crippen molar-refractivity contribution in [3.8, 4) is 23.0 Å². The molecular formula is C25H24N4OS. The Morgan fingerprint density at radius 1 is 1.23 bits per heavy atom. The van der Waals surface area contributed by atoms with Gasteiger partial charge in [-0.2, -0.15) is 10.4 Å². The van der Waals surface area contributed by atoms with Crippen LogP contribution in [0.5, 0.6) is 0 Å². The molecule has 0 saturated heterocycles. The summed E-state index contributed by atoms with van der Waals surface area (Å²) in [6.07, 6.45) is 6.11. The minimum absolute atomic E-state index is 0.0193. The van der Waals surface area contributed by atoms with Crippen LogP contribution < -0.4 is 5.32 Å². The molecule has 6 heteroatoms. The first-order chi connectivity index (χ1) is 15.2. The van der Waals surface area contributed by atoms with Gasteiger partial charge in [0.2, 0.25) is 0 Å². The predicted molar refractivity (Wildman–Crippen MR) is 127 cm³/mol. The van der Waals surface area contributed by atoms with Crippen LogP contribution in [0.1, 0.15) is 18.9 Å². The van der Waals surface area contributed by atoms with E-state index in [1.54, 1.807) is 16.8 Å². The number of carbonyl (C=O) groups excluding carboxylic acids is 1. The maximum absolute atomic E-state index is 12.3. The molecule has 0 atom stereocenters. The molecule has 0 spiro atoms. The fourth-order valence-corrected chi connectivity index (χ4v) is 3.69. The number of thioether (sulfide) groups is 1. The van der Waals surface area contributed by atoms with Crippen molar-refractivity contribution >= 4 is 23.7 Å². The van der Waals surface area contributed by atoms with E-state index in [0.717, 1.165) is 23.4 Å². The molecule has 0 unspecified atom stereocenters. The van der Waals surface area contributed by atoms with Crippen LogP contribution in [0.25, 0.3) is 23.0 Å². The Bertz CT molecular complexity index is 1110. The Labute approximate surface area is 187 Å². The number of rotatable bonds is 9. The second-order valence-corrected chi connectivity index (χ2v) is 7.92. The van der Waals surface area contributed by atoms with Gasteiger partial charge in [-0.1, -0.05) is 43.3 Å². The summed E-state index contributed by atoms with van der Waals surface area (Å²) >= 11 is 1.81. The van der Waals surface area contributed by atoms with Gasteiger partial charge in [0.05, 0.1) is 11.4 Å². The number of carbonyl (C=O) groups is 1. The van der Waals surface area contributed by atoms with Gasteiger partial charge < -0.3 is 5.32 Å². The molecule has 156 valence electrons. The number of nitrogens with one attached hydrogen (secondary N) is 1. The van der Waals surface area contributed by atoms with Crippen LogP contribution in [0, 0.1) is 11.3 Å². The average Bonchev–Trinajstić information content (AvgIpc) is 3.24. The third-order valence-corrected chi connectivity index (χ3v) is 5.65. The van der Waals surface area contributed by atoms with Crippen molar-refractivity contribution in [1.29, 1.82) is 5.26 Å². The van der Waals surface area contributed by atoms with Gasteiger partial charge in [-0.3, -0.25) is 4.79 Å². The first-order valence-electron chi connectivity index (χ1n) is 10.1. The van der Waals surface area contributed by atoms with E-state index in [0.29, 0.717) is 17.8 Å². The third kappa shape index (κ3) is 5.74. The van der Waals surface area contributed by atoms with E-state index in [4.69, 9.17) is 5.10 Å². The second-order valence-electron chi connectivity index (χ2n) is 6.75. The van der Waals surface area contributed by atoms with E-state index >= 15 is 0 Å². The van der Waals surface area contributed by atoms with Gasteiger partial charge >= 0.3 is 0 Å². The highest BCUT2D eigenvalue weighted by Crippen LogP contribution is 2.28. The van der Waals surface area contributed by atoms with Gasteiger partial charge in [0.1, 0.15) is 11.6 Å². The van der Waals surface area contributed by atoms with Gasteiger partial charge in [-0.25, -0.2) is 4.68 Å². The van der Waals surface area contributed by atoms with Gasteiger partial charge in [-0.15, -0.1) is 18.3 Å². The lowest BCUT2D eigenvalue weighted by molar-refractivity contribution is -0.116. The van der Waals surface area contributed by atoms with Crippen LogP contribution >= 0.6 is 11.8 Å². The van der Waals surface area contributed by atoms with Crippen molar-refractivity contribution in [3.63, 3.8) is 0 Å². The predicted octanol–water partition coefficient (Wildman–Crippen LogP) is 5.25. The number of hydrogen-bond donors (Lipinski definition) is 1. The SMILES string of the molecule is C=CCNC(=O)/C(C#N)=C\c1cn(-c2ccccc2)nc1-c1ccc(SCCC)cc1. The molecule has 31 heavy (non-hydrogen) atoms. The standard InChI is InChI=1S/C25H24N4OS/c1-3-14-27-25(30)20(17-26)16-21-18-29(22-8-6-5-7-9-22)28-24(21)19-10-12-23(13-11-19)31-15-4-2/h3,5-13,16,18H,1,4,14-15H2,2H3,(H,27,30)/b20-16-. The Kier molecular flexibility index (Phi) is 7.85. The molecule has 2 aromatic carbocycles. The van der Waals surface area contributed by atoms with Crippen molar-refractivity contribution in [2.24, 2.45) is 0 Å². The van der Waals surface area contributed by atoms with Gasteiger partial charge in [0.25, 0.3) is 5.91 Å². The van der Waals surface area contributed by atoms with Crippen LogP contribution in [0.15, 0.2) is 83.9 Å². The molecule has 0 bridgehead atoms. The highest BCUT2D eigenvalue weighted by Gasteiger charge is 2.15. The molecule has 1 heterocycles. The average molecular weight is 429 g/mol. The molecular weight excluding hydrogens is 404 g/mol.